The molecular formula is C17H25N3O3. The molecule has 0 unspecified atom stereocenters. The van der Waals surface area contributed by atoms with E-state index in [1.54, 1.807) is 0 Å². The van der Waals surface area contributed by atoms with E-state index >= 15 is 0 Å². The molecule has 6 heteroatoms. The van der Waals surface area contributed by atoms with E-state index in [4.69, 9.17) is 5.73 Å². The van der Waals surface area contributed by atoms with Gasteiger partial charge in [-0.2, -0.15) is 0 Å². The van der Waals surface area contributed by atoms with Crippen molar-refractivity contribution in [3.8, 4) is 0 Å². The van der Waals surface area contributed by atoms with E-state index in [2.05, 4.69) is 29.2 Å². The fourth-order valence-corrected chi connectivity index (χ4v) is 3.00. The number of nitrogens with one attached hydrogen (secondary N) is 2. The maximum atomic E-state index is 12.0. The van der Waals surface area contributed by atoms with E-state index in [1.165, 1.54) is 7.11 Å². The van der Waals surface area contributed by atoms with Gasteiger partial charge in [-0.1, -0.05) is 32.0 Å². The summed E-state index contributed by atoms with van der Waals surface area (Å²) in [6.07, 6.45) is 1.06. The summed E-state index contributed by atoms with van der Waals surface area (Å²) >= 11 is 0. The van der Waals surface area contributed by atoms with Gasteiger partial charge >= 0.3 is 12.0 Å². The Bertz CT molecular complexity index is 580. The number of anilines is 1. The first-order chi connectivity index (χ1) is 10.9. The smallest absolute Gasteiger partial charge is 0.325 e. The third-order valence-electron chi connectivity index (χ3n) is 4.28. The zero-order chi connectivity index (χ0) is 17.0. The van der Waals surface area contributed by atoms with E-state index in [0.29, 0.717) is 25.3 Å². The summed E-state index contributed by atoms with van der Waals surface area (Å²) in [4.78, 5) is 23.5. The number of carbonyl (C=O) groups is 2. The third-order valence-corrected chi connectivity index (χ3v) is 4.28. The molecule has 1 saturated carbocycles. The number of rotatable bonds is 5. The standard InChI is InChI=1S/C17H25N3O3/c1-11(2)13-6-4-5-7-14(13)20-16(22)19-10-12-8-17(18,9-12)15(21)23-3/h4-7,11-12H,8-10,18H2,1-3H3,(H2,19,20,22). The van der Waals surface area contributed by atoms with Gasteiger partial charge in [0.1, 0.15) is 5.54 Å². The van der Waals surface area contributed by atoms with Crippen LogP contribution in [0.15, 0.2) is 24.3 Å². The first kappa shape index (κ1) is 17.3. The lowest BCUT2D eigenvalue weighted by Gasteiger charge is -2.42. The second-order valence-electron chi connectivity index (χ2n) is 6.50. The molecule has 1 fully saturated rings. The Balaban J connectivity index is 1.80. The van der Waals surface area contributed by atoms with Crippen molar-refractivity contribution in [3.05, 3.63) is 29.8 Å². The maximum absolute atomic E-state index is 12.0. The number of carbonyl (C=O) groups excluding carboxylic acids is 2. The molecule has 1 aliphatic rings. The molecule has 0 saturated heterocycles. The lowest BCUT2D eigenvalue weighted by molar-refractivity contribution is -0.152. The van der Waals surface area contributed by atoms with Gasteiger partial charge in [0.15, 0.2) is 0 Å². The van der Waals surface area contributed by atoms with Gasteiger partial charge in [-0.15, -0.1) is 0 Å². The Labute approximate surface area is 136 Å². The summed E-state index contributed by atoms with van der Waals surface area (Å²) in [5.74, 6) is 0.144. The largest absolute Gasteiger partial charge is 0.468 e. The Morgan fingerprint density at radius 3 is 2.61 bits per heavy atom. The number of amides is 2. The average molecular weight is 319 g/mol. The van der Waals surface area contributed by atoms with Gasteiger partial charge in [0, 0.05) is 12.2 Å². The summed E-state index contributed by atoms with van der Waals surface area (Å²) in [6, 6.07) is 7.50. The minimum Gasteiger partial charge on any atom is -0.468 e. The van der Waals surface area contributed by atoms with Crippen molar-refractivity contribution >= 4 is 17.7 Å². The van der Waals surface area contributed by atoms with Crippen LogP contribution in [0.4, 0.5) is 10.5 Å². The van der Waals surface area contributed by atoms with Crippen LogP contribution in [0.25, 0.3) is 0 Å². The fraction of sp³-hybridized carbons (Fsp3) is 0.529. The van der Waals surface area contributed by atoms with Gasteiger partial charge in [0.2, 0.25) is 0 Å². The van der Waals surface area contributed by atoms with Crippen LogP contribution >= 0.6 is 0 Å². The van der Waals surface area contributed by atoms with E-state index < -0.39 is 5.54 Å². The Morgan fingerprint density at radius 2 is 2.00 bits per heavy atom. The van der Waals surface area contributed by atoms with Crippen LogP contribution in [-0.4, -0.2) is 31.2 Å². The molecule has 2 amide bonds. The van der Waals surface area contributed by atoms with Gasteiger partial charge in [0.25, 0.3) is 0 Å². The summed E-state index contributed by atoms with van der Waals surface area (Å²) in [6.45, 7) is 4.66. The minimum atomic E-state index is -0.887. The van der Waals surface area contributed by atoms with Crippen molar-refractivity contribution < 1.29 is 14.3 Å². The summed E-state index contributed by atoms with van der Waals surface area (Å²) in [7, 11) is 1.34. The van der Waals surface area contributed by atoms with Crippen molar-refractivity contribution in [2.75, 3.05) is 19.0 Å². The zero-order valence-electron chi connectivity index (χ0n) is 13.9. The summed E-state index contributed by atoms with van der Waals surface area (Å²) in [5, 5.41) is 5.71. The highest BCUT2D eigenvalue weighted by Crippen LogP contribution is 2.36. The minimum absolute atomic E-state index is 0.199. The van der Waals surface area contributed by atoms with Crippen molar-refractivity contribution in [3.63, 3.8) is 0 Å². The van der Waals surface area contributed by atoms with Crippen LogP contribution in [0.3, 0.4) is 0 Å². The molecular weight excluding hydrogens is 294 g/mol. The predicted octanol–water partition coefficient (Wildman–Crippen LogP) is 2.21. The third kappa shape index (κ3) is 4.01. The molecule has 1 aromatic rings. The van der Waals surface area contributed by atoms with Crippen LogP contribution in [0.1, 0.15) is 38.2 Å². The van der Waals surface area contributed by atoms with Crippen LogP contribution < -0.4 is 16.4 Å². The highest BCUT2D eigenvalue weighted by atomic mass is 16.5. The van der Waals surface area contributed by atoms with Crippen LogP contribution in [0.2, 0.25) is 0 Å². The van der Waals surface area contributed by atoms with Crippen molar-refractivity contribution in [2.24, 2.45) is 11.7 Å². The van der Waals surface area contributed by atoms with Gasteiger partial charge in [-0.05, 0) is 36.3 Å². The lowest BCUT2D eigenvalue weighted by atomic mass is 9.69. The number of hydrogen-bond donors (Lipinski definition) is 3. The van der Waals surface area contributed by atoms with Crippen LogP contribution in [0.5, 0.6) is 0 Å². The topological polar surface area (TPSA) is 93.4 Å². The van der Waals surface area contributed by atoms with Gasteiger partial charge in [-0.3, -0.25) is 4.79 Å². The van der Waals surface area contributed by atoms with Gasteiger partial charge < -0.3 is 21.1 Å². The van der Waals surface area contributed by atoms with Crippen molar-refractivity contribution in [1.82, 2.24) is 5.32 Å². The zero-order valence-corrected chi connectivity index (χ0v) is 13.9. The van der Waals surface area contributed by atoms with E-state index in [0.717, 1.165) is 11.3 Å². The summed E-state index contributed by atoms with van der Waals surface area (Å²) < 4.78 is 4.68. The maximum Gasteiger partial charge on any atom is 0.325 e. The molecule has 0 radical (unpaired) electrons. The fourth-order valence-electron chi connectivity index (χ4n) is 3.00. The number of ether oxygens (including phenoxy) is 1. The van der Waals surface area contributed by atoms with Crippen LogP contribution in [0, 0.1) is 5.92 Å². The Morgan fingerprint density at radius 1 is 1.35 bits per heavy atom. The van der Waals surface area contributed by atoms with Crippen LogP contribution in [-0.2, 0) is 9.53 Å². The molecule has 0 atom stereocenters. The molecule has 23 heavy (non-hydrogen) atoms. The normalized spacial score (nSPS) is 23.1. The number of esters is 1. The van der Waals surface area contributed by atoms with E-state index in [1.807, 2.05) is 24.3 Å². The highest BCUT2D eigenvalue weighted by Gasteiger charge is 2.47. The van der Waals surface area contributed by atoms with Gasteiger partial charge in [0.05, 0.1) is 7.11 Å². The predicted molar refractivity (Wildman–Crippen MR) is 89.2 cm³/mol. The number of methoxy groups -OCH3 is 1. The SMILES string of the molecule is COC(=O)C1(N)CC(CNC(=O)Nc2ccccc2C(C)C)C1. The first-order valence-corrected chi connectivity index (χ1v) is 7.87. The lowest BCUT2D eigenvalue weighted by Crippen LogP contribution is -2.60. The number of benzene rings is 1. The number of hydrogen-bond acceptors (Lipinski definition) is 4. The molecule has 2 rings (SSSR count). The second-order valence-corrected chi connectivity index (χ2v) is 6.50. The molecule has 126 valence electrons. The molecule has 0 bridgehead atoms. The van der Waals surface area contributed by atoms with Crippen molar-refractivity contribution in [1.29, 1.82) is 0 Å². The molecule has 6 nitrogen and oxygen atoms in total. The summed E-state index contributed by atoms with van der Waals surface area (Å²) in [5.41, 5.74) is 6.95. The Kier molecular flexibility index (Phi) is 5.26. The van der Waals surface area contributed by atoms with E-state index in [-0.39, 0.29) is 17.9 Å². The number of nitrogens with two attached hydrogens (primary N) is 1. The number of para-hydroxylation sites is 1. The monoisotopic (exact) mass is 319 g/mol. The highest BCUT2D eigenvalue weighted by molar-refractivity contribution is 5.90. The van der Waals surface area contributed by atoms with Crippen molar-refractivity contribution in [2.45, 2.75) is 38.1 Å². The quantitative estimate of drug-likeness (QED) is 0.725. The first-order valence-electron chi connectivity index (χ1n) is 7.87. The average Bonchev–Trinajstić information content (AvgIpc) is 2.49. The molecule has 0 spiro atoms. The van der Waals surface area contributed by atoms with E-state index in [9.17, 15) is 9.59 Å². The molecule has 4 N–H and O–H groups in total. The number of urea groups is 1. The molecule has 0 heterocycles. The molecule has 1 aromatic carbocycles. The molecule has 1 aliphatic carbocycles. The van der Waals surface area contributed by atoms with Gasteiger partial charge in [-0.25, -0.2) is 4.79 Å². The molecule has 0 aromatic heterocycles. The Hall–Kier alpha value is -2.08. The second kappa shape index (κ2) is 7.00. The molecule has 0 aliphatic heterocycles.